The van der Waals surface area contributed by atoms with E-state index in [1.807, 2.05) is 11.7 Å². The van der Waals surface area contributed by atoms with Crippen molar-refractivity contribution in [1.82, 2.24) is 20.0 Å². The van der Waals surface area contributed by atoms with Gasteiger partial charge in [0.05, 0.1) is 5.69 Å². The zero-order valence-electron chi connectivity index (χ0n) is 9.17. The van der Waals surface area contributed by atoms with Crippen molar-refractivity contribution >= 4 is 28.2 Å². The van der Waals surface area contributed by atoms with Crippen LogP contribution < -0.4 is 5.73 Å². The highest BCUT2D eigenvalue weighted by atomic mass is 32.2. The Bertz CT molecular complexity index is 476. The van der Waals surface area contributed by atoms with Gasteiger partial charge in [-0.3, -0.25) is 4.68 Å². The third kappa shape index (κ3) is 2.53. The van der Waals surface area contributed by atoms with Crippen LogP contribution >= 0.6 is 23.1 Å². The SMILES string of the molecule is CCc1cc(CSc2nnc(N)s2)n(C)n1. The number of aryl methyl sites for hydroxylation is 2. The molecule has 0 amide bonds. The molecule has 5 nitrogen and oxygen atoms in total. The van der Waals surface area contributed by atoms with E-state index in [-0.39, 0.29) is 0 Å². The van der Waals surface area contributed by atoms with Gasteiger partial charge in [0, 0.05) is 18.5 Å². The van der Waals surface area contributed by atoms with Crippen LogP contribution in [0.4, 0.5) is 5.13 Å². The fourth-order valence-corrected chi connectivity index (χ4v) is 2.94. The van der Waals surface area contributed by atoms with Gasteiger partial charge < -0.3 is 5.73 Å². The summed E-state index contributed by atoms with van der Waals surface area (Å²) in [6.45, 7) is 2.10. The summed E-state index contributed by atoms with van der Waals surface area (Å²) in [6, 6.07) is 2.12. The summed E-state index contributed by atoms with van der Waals surface area (Å²) in [5.74, 6) is 0.845. The van der Waals surface area contributed by atoms with Crippen molar-refractivity contribution in [2.24, 2.45) is 7.05 Å². The number of hydrogen-bond acceptors (Lipinski definition) is 6. The summed E-state index contributed by atoms with van der Waals surface area (Å²) in [4.78, 5) is 0. The number of rotatable bonds is 4. The highest BCUT2D eigenvalue weighted by Crippen LogP contribution is 2.26. The Balaban J connectivity index is 2.01. The molecular weight excluding hydrogens is 242 g/mol. The van der Waals surface area contributed by atoms with Gasteiger partial charge in [0.1, 0.15) is 0 Å². The highest BCUT2D eigenvalue weighted by Gasteiger charge is 2.07. The number of aromatic nitrogens is 4. The van der Waals surface area contributed by atoms with Crippen LogP contribution in [-0.4, -0.2) is 20.0 Å². The molecule has 2 rings (SSSR count). The largest absolute Gasteiger partial charge is 0.374 e. The first-order valence-electron chi connectivity index (χ1n) is 4.92. The summed E-state index contributed by atoms with van der Waals surface area (Å²) < 4.78 is 2.81. The Morgan fingerprint density at radius 3 is 2.88 bits per heavy atom. The van der Waals surface area contributed by atoms with E-state index in [9.17, 15) is 0 Å². The summed E-state index contributed by atoms with van der Waals surface area (Å²) >= 11 is 3.05. The molecule has 0 saturated carbocycles. The van der Waals surface area contributed by atoms with E-state index in [2.05, 4.69) is 28.3 Å². The Morgan fingerprint density at radius 2 is 2.31 bits per heavy atom. The van der Waals surface area contributed by atoms with E-state index in [4.69, 9.17) is 5.73 Å². The smallest absolute Gasteiger partial charge is 0.203 e. The van der Waals surface area contributed by atoms with Crippen molar-refractivity contribution in [2.75, 3.05) is 5.73 Å². The molecule has 0 bridgehead atoms. The van der Waals surface area contributed by atoms with Crippen molar-refractivity contribution in [3.8, 4) is 0 Å². The van der Waals surface area contributed by atoms with Crippen molar-refractivity contribution in [3.05, 3.63) is 17.5 Å². The van der Waals surface area contributed by atoms with Crippen LogP contribution in [-0.2, 0) is 19.2 Å². The standard InChI is InChI=1S/C9H13N5S2/c1-3-6-4-7(14(2)13-6)5-15-9-12-11-8(10)16-9/h4H,3,5H2,1-2H3,(H2,10,11). The predicted molar refractivity (Wildman–Crippen MR) is 66.5 cm³/mol. The fourth-order valence-electron chi connectivity index (χ4n) is 1.29. The van der Waals surface area contributed by atoms with Crippen molar-refractivity contribution in [2.45, 2.75) is 23.4 Å². The average molecular weight is 255 g/mol. The molecule has 2 N–H and O–H groups in total. The first-order valence-corrected chi connectivity index (χ1v) is 6.73. The van der Waals surface area contributed by atoms with Gasteiger partial charge in [-0.2, -0.15) is 5.10 Å². The monoisotopic (exact) mass is 255 g/mol. The van der Waals surface area contributed by atoms with E-state index >= 15 is 0 Å². The Labute approximate surface area is 102 Å². The fraction of sp³-hybridized carbons (Fsp3) is 0.444. The zero-order chi connectivity index (χ0) is 11.5. The molecule has 7 heteroatoms. The molecule has 2 aromatic heterocycles. The molecule has 0 aliphatic carbocycles. The van der Waals surface area contributed by atoms with E-state index < -0.39 is 0 Å². The number of nitrogens with two attached hydrogens (primary N) is 1. The van der Waals surface area contributed by atoms with Gasteiger partial charge in [-0.15, -0.1) is 10.2 Å². The first kappa shape index (κ1) is 11.4. The van der Waals surface area contributed by atoms with E-state index in [1.54, 1.807) is 11.8 Å². The lowest BCUT2D eigenvalue weighted by Crippen LogP contribution is -1.96. The third-order valence-electron chi connectivity index (χ3n) is 2.16. The molecule has 0 unspecified atom stereocenters. The molecule has 2 heterocycles. The topological polar surface area (TPSA) is 69.6 Å². The summed E-state index contributed by atoms with van der Waals surface area (Å²) in [6.07, 6.45) is 0.963. The molecule has 86 valence electrons. The number of nitrogens with zero attached hydrogens (tertiary/aromatic N) is 4. The molecule has 0 spiro atoms. The highest BCUT2D eigenvalue weighted by molar-refractivity contribution is 8.00. The normalized spacial score (nSPS) is 10.9. The second-order valence-electron chi connectivity index (χ2n) is 3.30. The number of anilines is 1. The van der Waals surface area contributed by atoms with Crippen LogP contribution in [0.25, 0.3) is 0 Å². The predicted octanol–water partition coefficient (Wildman–Crippen LogP) is 1.71. The minimum atomic E-state index is 0.516. The van der Waals surface area contributed by atoms with Crippen LogP contribution in [0.5, 0.6) is 0 Å². The molecule has 0 atom stereocenters. The van der Waals surface area contributed by atoms with Crippen LogP contribution in [0.3, 0.4) is 0 Å². The third-order valence-corrected chi connectivity index (χ3v) is 4.07. The Morgan fingerprint density at radius 1 is 1.50 bits per heavy atom. The van der Waals surface area contributed by atoms with Crippen molar-refractivity contribution in [1.29, 1.82) is 0 Å². The molecule has 0 aliphatic heterocycles. The van der Waals surface area contributed by atoms with Crippen molar-refractivity contribution in [3.63, 3.8) is 0 Å². The minimum absolute atomic E-state index is 0.516. The van der Waals surface area contributed by atoms with Crippen LogP contribution in [0.15, 0.2) is 10.4 Å². The van der Waals surface area contributed by atoms with Crippen LogP contribution in [0, 0.1) is 0 Å². The molecule has 0 aliphatic rings. The second kappa shape index (κ2) is 4.84. The maximum absolute atomic E-state index is 5.52. The van der Waals surface area contributed by atoms with Gasteiger partial charge in [0.15, 0.2) is 4.34 Å². The van der Waals surface area contributed by atoms with Gasteiger partial charge in [-0.1, -0.05) is 30.0 Å². The molecule has 0 radical (unpaired) electrons. The summed E-state index contributed by atoms with van der Waals surface area (Å²) in [5, 5.41) is 12.6. The quantitative estimate of drug-likeness (QED) is 0.842. The lowest BCUT2D eigenvalue weighted by atomic mass is 10.3. The molecule has 0 fully saturated rings. The molecule has 16 heavy (non-hydrogen) atoms. The zero-order valence-corrected chi connectivity index (χ0v) is 10.8. The van der Waals surface area contributed by atoms with Gasteiger partial charge in [0.2, 0.25) is 5.13 Å². The minimum Gasteiger partial charge on any atom is -0.374 e. The molecule has 0 aromatic carbocycles. The lowest BCUT2D eigenvalue weighted by Gasteiger charge is -1.97. The Kier molecular flexibility index (Phi) is 3.45. The number of thioether (sulfide) groups is 1. The average Bonchev–Trinajstić information content (AvgIpc) is 2.82. The maximum atomic E-state index is 5.52. The van der Waals surface area contributed by atoms with Crippen molar-refractivity contribution < 1.29 is 0 Å². The maximum Gasteiger partial charge on any atom is 0.203 e. The summed E-state index contributed by atoms with van der Waals surface area (Å²) in [5.41, 5.74) is 7.83. The van der Waals surface area contributed by atoms with E-state index in [1.165, 1.54) is 17.0 Å². The van der Waals surface area contributed by atoms with Gasteiger partial charge in [0.25, 0.3) is 0 Å². The van der Waals surface area contributed by atoms with E-state index in [0.29, 0.717) is 5.13 Å². The first-order chi connectivity index (χ1) is 7.69. The number of nitrogen functional groups attached to an aromatic ring is 1. The van der Waals surface area contributed by atoms with Gasteiger partial charge >= 0.3 is 0 Å². The van der Waals surface area contributed by atoms with Gasteiger partial charge in [-0.05, 0) is 12.5 Å². The number of hydrogen-bond donors (Lipinski definition) is 1. The van der Waals surface area contributed by atoms with Crippen LogP contribution in [0.1, 0.15) is 18.3 Å². The summed E-state index contributed by atoms with van der Waals surface area (Å²) in [7, 11) is 1.96. The van der Waals surface area contributed by atoms with Crippen LogP contribution in [0.2, 0.25) is 0 Å². The molecular formula is C9H13N5S2. The molecule has 2 aromatic rings. The van der Waals surface area contributed by atoms with E-state index in [0.717, 1.165) is 22.2 Å². The van der Waals surface area contributed by atoms with Gasteiger partial charge in [-0.25, -0.2) is 0 Å². The second-order valence-corrected chi connectivity index (χ2v) is 5.53. The lowest BCUT2D eigenvalue weighted by molar-refractivity contribution is 0.720. The molecule has 0 saturated heterocycles. The Hall–Kier alpha value is -1.08.